The number of amides is 2. The van der Waals surface area contributed by atoms with Gasteiger partial charge in [-0.2, -0.15) is 0 Å². The van der Waals surface area contributed by atoms with E-state index < -0.39 is 11.5 Å². The first-order valence-corrected chi connectivity index (χ1v) is 7.82. The van der Waals surface area contributed by atoms with E-state index in [1.807, 2.05) is 51.1 Å². The third kappa shape index (κ3) is 3.25. The molecule has 0 bridgehead atoms. The Morgan fingerprint density at radius 3 is 2.50 bits per heavy atom. The number of nitrogens with one attached hydrogen (secondary N) is 2. The zero-order chi connectivity index (χ0) is 17.3. The molecule has 0 aromatic heterocycles. The predicted molar refractivity (Wildman–Crippen MR) is 93.0 cm³/mol. The normalized spacial score (nSPS) is 16.6. The van der Waals surface area contributed by atoms with Gasteiger partial charge in [0.1, 0.15) is 5.75 Å². The molecule has 2 amide bonds. The maximum absolute atomic E-state index is 12.3. The minimum atomic E-state index is -0.672. The molecule has 1 aliphatic rings. The number of fused-ring (bicyclic) bond motifs is 1. The summed E-state index contributed by atoms with van der Waals surface area (Å²) >= 11 is 0. The van der Waals surface area contributed by atoms with Gasteiger partial charge in [0.25, 0.3) is 5.91 Å². The van der Waals surface area contributed by atoms with Crippen molar-refractivity contribution < 1.29 is 14.3 Å². The minimum Gasteiger partial charge on any atom is -0.474 e. The molecule has 124 valence electrons. The van der Waals surface area contributed by atoms with Gasteiger partial charge in [-0.1, -0.05) is 51.1 Å². The summed E-state index contributed by atoms with van der Waals surface area (Å²) in [6, 6.07) is 14.6. The summed E-state index contributed by atoms with van der Waals surface area (Å²) in [5.41, 5.74) is 1.48. The van der Waals surface area contributed by atoms with E-state index in [0.29, 0.717) is 17.1 Å². The maximum atomic E-state index is 12.3. The van der Waals surface area contributed by atoms with Gasteiger partial charge in [0.05, 0.1) is 5.69 Å². The highest BCUT2D eigenvalue weighted by Gasteiger charge is 2.29. The zero-order valence-corrected chi connectivity index (χ0v) is 13.9. The Balaban J connectivity index is 1.82. The van der Waals surface area contributed by atoms with Gasteiger partial charge in [0.2, 0.25) is 12.0 Å². The third-order valence-electron chi connectivity index (χ3n) is 3.76. The number of rotatable bonds is 2. The fourth-order valence-corrected chi connectivity index (χ4v) is 2.35. The Hall–Kier alpha value is -2.82. The quantitative estimate of drug-likeness (QED) is 0.884. The van der Waals surface area contributed by atoms with Crippen LogP contribution in [0.3, 0.4) is 0 Å². The van der Waals surface area contributed by atoms with Crippen LogP contribution in [0.15, 0.2) is 48.5 Å². The Morgan fingerprint density at radius 1 is 1.12 bits per heavy atom. The summed E-state index contributed by atoms with van der Waals surface area (Å²) in [7, 11) is 0. The summed E-state index contributed by atoms with van der Waals surface area (Å²) in [6.45, 7) is 5.53. The Labute approximate surface area is 141 Å². The highest BCUT2D eigenvalue weighted by atomic mass is 16.5. The molecule has 0 aliphatic carbocycles. The van der Waals surface area contributed by atoms with Crippen molar-refractivity contribution >= 4 is 23.2 Å². The molecule has 0 fully saturated rings. The summed E-state index contributed by atoms with van der Waals surface area (Å²) in [6.07, 6.45) is -0.672. The molecule has 1 aliphatic heterocycles. The monoisotopic (exact) mass is 324 g/mol. The molecule has 0 radical (unpaired) electrons. The van der Waals surface area contributed by atoms with Gasteiger partial charge in [-0.3, -0.25) is 9.59 Å². The van der Waals surface area contributed by atoms with Crippen molar-refractivity contribution in [2.24, 2.45) is 5.41 Å². The summed E-state index contributed by atoms with van der Waals surface area (Å²) in [5, 5.41) is 5.69. The first-order chi connectivity index (χ1) is 11.3. The van der Waals surface area contributed by atoms with Crippen LogP contribution in [0.4, 0.5) is 11.4 Å². The van der Waals surface area contributed by atoms with E-state index in [0.717, 1.165) is 5.56 Å². The molecule has 0 saturated carbocycles. The number of carbonyl (C=O) groups excluding carboxylic acids is 2. The van der Waals surface area contributed by atoms with Crippen molar-refractivity contribution in [1.82, 2.24) is 0 Å². The lowest BCUT2D eigenvalue weighted by Crippen LogP contribution is -2.30. The van der Waals surface area contributed by atoms with E-state index in [9.17, 15) is 9.59 Å². The second kappa shape index (κ2) is 6.00. The molecule has 3 rings (SSSR count). The number of hydrogen-bond donors (Lipinski definition) is 2. The fraction of sp³-hybridized carbons (Fsp3) is 0.263. The van der Waals surface area contributed by atoms with Crippen LogP contribution in [0.1, 0.15) is 32.4 Å². The topological polar surface area (TPSA) is 67.4 Å². The number of carbonyl (C=O) groups is 2. The lowest BCUT2D eigenvalue weighted by Gasteiger charge is -2.27. The Bertz CT molecular complexity index is 779. The Kier molecular flexibility index (Phi) is 4.01. The highest BCUT2D eigenvalue weighted by molar-refractivity contribution is 6.00. The number of hydrogen-bond acceptors (Lipinski definition) is 3. The van der Waals surface area contributed by atoms with Crippen LogP contribution in [0.2, 0.25) is 0 Å². The van der Waals surface area contributed by atoms with Crippen molar-refractivity contribution in [1.29, 1.82) is 0 Å². The highest BCUT2D eigenvalue weighted by Crippen LogP contribution is 2.36. The predicted octanol–water partition coefficient (Wildman–Crippen LogP) is 3.74. The van der Waals surface area contributed by atoms with Gasteiger partial charge in [-0.05, 0) is 18.2 Å². The van der Waals surface area contributed by atoms with Gasteiger partial charge >= 0.3 is 0 Å². The first-order valence-electron chi connectivity index (χ1n) is 7.82. The standard InChI is InChI=1S/C19H20N2O3/c1-19(2,3)18(23)20-13-9-10-15-14(11-13)21-17(22)16(24-15)12-7-5-4-6-8-12/h4-11,16H,1-3H3,(H,20,23)(H,21,22). The van der Waals surface area contributed by atoms with Gasteiger partial charge in [0, 0.05) is 16.7 Å². The van der Waals surface area contributed by atoms with E-state index in [-0.39, 0.29) is 11.8 Å². The molecule has 1 atom stereocenters. The van der Waals surface area contributed by atoms with Crippen LogP contribution in [-0.4, -0.2) is 11.8 Å². The van der Waals surface area contributed by atoms with Crippen LogP contribution >= 0.6 is 0 Å². The molecule has 2 N–H and O–H groups in total. The molecule has 0 saturated heterocycles. The van der Waals surface area contributed by atoms with Gasteiger partial charge in [-0.25, -0.2) is 0 Å². The van der Waals surface area contributed by atoms with Crippen LogP contribution in [0, 0.1) is 5.41 Å². The molecule has 24 heavy (non-hydrogen) atoms. The molecule has 0 spiro atoms. The van der Waals surface area contributed by atoms with Crippen LogP contribution in [0.25, 0.3) is 0 Å². The molecule has 1 heterocycles. The van der Waals surface area contributed by atoms with Crippen molar-refractivity contribution in [3.05, 3.63) is 54.1 Å². The SMILES string of the molecule is CC(C)(C)C(=O)Nc1ccc2c(c1)NC(=O)C(c1ccccc1)O2. The number of anilines is 2. The van der Waals surface area contributed by atoms with Gasteiger partial charge in [0.15, 0.2) is 0 Å². The first kappa shape index (κ1) is 16.1. The smallest absolute Gasteiger partial charge is 0.270 e. The molecule has 2 aromatic carbocycles. The van der Waals surface area contributed by atoms with Crippen LogP contribution < -0.4 is 15.4 Å². The van der Waals surface area contributed by atoms with Crippen molar-refractivity contribution in [2.75, 3.05) is 10.6 Å². The lowest BCUT2D eigenvalue weighted by atomic mass is 9.95. The van der Waals surface area contributed by atoms with E-state index >= 15 is 0 Å². The summed E-state index contributed by atoms with van der Waals surface area (Å²) in [4.78, 5) is 24.4. The molecular weight excluding hydrogens is 304 g/mol. The molecule has 1 unspecified atom stereocenters. The van der Waals surface area contributed by atoms with Crippen LogP contribution in [-0.2, 0) is 9.59 Å². The summed E-state index contributed by atoms with van der Waals surface area (Å²) < 4.78 is 5.83. The average Bonchev–Trinajstić information content (AvgIpc) is 2.54. The van der Waals surface area contributed by atoms with Crippen LogP contribution in [0.5, 0.6) is 5.75 Å². The van der Waals surface area contributed by atoms with Crippen molar-refractivity contribution in [2.45, 2.75) is 26.9 Å². The largest absolute Gasteiger partial charge is 0.474 e. The van der Waals surface area contributed by atoms with Crippen molar-refractivity contribution in [3.63, 3.8) is 0 Å². The lowest BCUT2D eigenvalue weighted by molar-refractivity contribution is -0.124. The molecular formula is C19H20N2O3. The molecule has 2 aromatic rings. The van der Waals surface area contributed by atoms with E-state index in [1.165, 1.54) is 0 Å². The zero-order valence-electron chi connectivity index (χ0n) is 13.9. The van der Waals surface area contributed by atoms with E-state index in [1.54, 1.807) is 18.2 Å². The third-order valence-corrected chi connectivity index (χ3v) is 3.76. The Morgan fingerprint density at radius 2 is 1.83 bits per heavy atom. The second-order valence-electron chi connectivity index (χ2n) is 6.81. The fourth-order valence-electron chi connectivity index (χ4n) is 2.35. The minimum absolute atomic E-state index is 0.0901. The molecule has 5 heteroatoms. The maximum Gasteiger partial charge on any atom is 0.270 e. The van der Waals surface area contributed by atoms with E-state index in [2.05, 4.69) is 10.6 Å². The second-order valence-corrected chi connectivity index (χ2v) is 6.81. The number of ether oxygens (including phenoxy) is 1. The van der Waals surface area contributed by atoms with Gasteiger partial charge in [-0.15, -0.1) is 0 Å². The number of benzene rings is 2. The average molecular weight is 324 g/mol. The van der Waals surface area contributed by atoms with Gasteiger partial charge < -0.3 is 15.4 Å². The van der Waals surface area contributed by atoms with Crippen molar-refractivity contribution in [3.8, 4) is 5.75 Å². The molecule has 5 nitrogen and oxygen atoms in total. The van der Waals surface area contributed by atoms with E-state index in [4.69, 9.17) is 4.74 Å². The summed E-state index contributed by atoms with van der Waals surface area (Å²) in [5.74, 6) is 0.262.